The summed E-state index contributed by atoms with van der Waals surface area (Å²) in [6.07, 6.45) is 3.82. The number of halogens is 1. The second-order valence-corrected chi connectivity index (χ2v) is 8.45. The van der Waals surface area contributed by atoms with Gasteiger partial charge in [-0.05, 0) is 56.4 Å². The minimum atomic E-state index is -0.761. The zero-order chi connectivity index (χ0) is 17.1. The van der Waals surface area contributed by atoms with Crippen LogP contribution in [0.3, 0.4) is 0 Å². The number of piperidine rings is 1. The number of carbonyl (C=O) groups excluding carboxylic acids is 1. The normalized spacial score (nSPS) is 25.0. The van der Waals surface area contributed by atoms with Crippen LogP contribution in [0.2, 0.25) is 5.02 Å². The molecule has 1 heterocycles. The number of carboxylic acid groups (broad SMARTS) is 1. The standard InChI is InChI=1S/C18H22ClNO3S/c19-14-3-5-15(6-4-14)24-16-7-9-20(10-8-16)17(21)12-1-2-13(11-12)18(22)23/h3-6,12-13,16H,1-2,7-11H2,(H,22,23)/t12-,13+/m0/s1. The van der Waals surface area contributed by atoms with Gasteiger partial charge in [0.05, 0.1) is 5.92 Å². The van der Waals surface area contributed by atoms with Crippen LogP contribution in [-0.2, 0) is 9.59 Å². The summed E-state index contributed by atoms with van der Waals surface area (Å²) in [5.41, 5.74) is 0. The highest BCUT2D eigenvalue weighted by atomic mass is 35.5. The lowest BCUT2D eigenvalue weighted by atomic mass is 10.0. The van der Waals surface area contributed by atoms with Crippen LogP contribution in [0.15, 0.2) is 29.2 Å². The molecule has 1 amide bonds. The monoisotopic (exact) mass is 367 g/mol. The van der Waals surface area contributed by atoms with Crippen molar-refractivity contribution in [1.29, 1.82) is 0 Å². The summed E-state index contributed by atoms with van der Waals surface area (Å²) in [5, 5.41) is 10.3. The molecule has 24 heavy (non-hydrogen) atoms. The number of benzene rings is 1. The van der Waals surface area contributed by atoms with Crippen LogP contribution < -0.4 is 0 Å². The number of likely N-dealkylation sites (tertiary alicyclic amines) is 1. The van der Waals surface area contributed by atoms with Crippen molar-refractivity contribution in [1.82, 2.24) is 4.90 Å². The Balaban J connectivity index is 1.47. The van der Waals surface area contributed by atoms with E-state index in [1.54, 1.807) is 0 Å². The number of aliphatic carboxylic acids is 1. The smallest absolute Gasteiger partial charge is 0.306 e. The van der Waals surface area contributed by atoms with Gasteiger partial charge in [0.2, 0.25) is 5.91 Å². The fourth-order valence-corrected chi connectivity index (χ4v) is 4.84. The minimum Gasteiger partial charge on any atom is -0.481 e. The fraction of sp³-hybridized carbons (Fsp3) is 0.556. The van der Waals surface area contributed by atoms with Gasteiger partial charge in [0.25, 0.3) is 0 Å². The lowest BCUT2D eigenvalue weighted by Gasteiger charge is -2.33. The maximum Gasteiger partial charge on any atom is 0.306 e. The Morgan fingerprint density at radius 3 is 2.25 bits per heavy atom. The van der Waals surface area contributed by atoms with Crippen LogP contribution >= 0.6 is 23.4 Å². The highest BCUT2D eigenvalue weighted by Gasteiger charge is 2.36. The number of amides is 1. The lowest BCUT2D eigenvalue weighted by Crippen LogP contribution is -2.42. The molecule has 1 saturated carbocycles. The molecular weight excluding hydrogens is 346 g/mol. The zero-order valence-corrected chi connectivity index (χ0v) is 15.1. The number of nitrogens with zero attached hydrogens (tertiary/aromatic N) is 1. The molecule has 1 saturated heterocycles. The van der Waals surface area contributed by atoms with Crippen molar-refractivity contribution in [2.75, 3.05) is 13.1 Å². The molecule has 0 spiro atoms. The molecular formula is C18H22ClNO3S. The van der Waals surface area contributed by atoms with E-state index in [1.165, 1.54) is 4.90 Å². The van der Waals surface area contributed by atoms with Crippen molar-refractivity contribution >= 4 is 35.2 Å². The van der Waals surface area contributed by atoms with Crippen LogP contribution in [-0.4, -0.2) is 40.2 Å². The highest BCUT2D eigenvalue weighted by molar-refractivity contribution is 8.00. The molecule has 6 heteroatoms. The maximum atomic E-state index is 12.6. The number of carboxylic acids is 1. The van der Waals surface area contributed by atoms with E-state index in [1.807, 2.05) is 40.9 Å². The van der Waals surface area contributed by atoms with Crippen LogP contribution in [0.1, 0.15) is 32.1 Å². The average Bonchev–Trinajstić information content (AvgIpc) is 3.07. The predicted molar refractivity (Wildman–Crippen MR) is 95.4 cm³/mol. The third-order valence-corrected chi connectivity index (χ3v) is 6.60. The van der Waals surface area contributed by atoms with Crippen molar-refractivity contribution in [2.24, 2.45) is 11.8 Å². The van der Waals surface area contributed by atoms with Gasteiger partial charge in [0.1, 0.15) is 0 Å². The van der Waals surface area contributed by atoms with Crippen molar-refractivity contribution < 1.29 is 14.7 Å². The van der Waals surface area contributed by atoms with Gasteiger partial charge in [-0.1, -0.05) is 11.6 Å². The minimum absolute atomic E-state index is 0.0911. The molecule has 0 aromatic heterocycles. The molecule has 1 aliphatic carbocycles. The molecule has 3 rings (SSSR count). The molecule has 0 bridgehead atoms. The quantitative estimate of drug-likeness (QED) is 0.876. The van der Waals surface area contributed by atoms with Crippen molar-refractivity contribution in [3.63, 3.8) is 0 Å². The zero-order valence-electron chi connectivity index (χ0n) is 13.5. The second-order valence-electron chi connectivity index (χ2n) is 6.64. The van der Waals surface area contributed by atoms with E-state index < -0.39 is 5.97 Å². The molecule has 0 unspecified atom stereocenters. The molecule has 1 aromatic rings. The molecule has 130 valence electrons. The van der Waals surface area contributed by atoms with Crippen LogP contribution in [0.25, 0.3) is 0 Å². The molecule has 1 aromatic carbocycles. The largest absolute Gasteiger partial charge is 0.481 e. The third-order valence-electron chi connectivity index (χ3n) is 5.00. The van der Waals surface area contributed by atoms with E-state index in [9.17, 15) is 9.59 Å². The molecule has 4 nitrogen and oxygen atoms in total. The highest BCUT2D eigenvalue weighted by Crippen LogP contribution is 2.35. The lowest BCUT2D eigenvalue weighted by molar-refractivity contribution is -0.141. The van der Waals surface area contributed by atoms with Gasteiger partial charge in [0, 0.05) is 34.2 Å². The molecule has 2 fully saturated rings. The van der Waals surface area contributed by atoms with Gasteiger partial charge < -0.3 is 10.0 Å². The van der Waals surface area contributed by atoms with E-state index >= 15 is 0 Å². The van der Waals surface area contributed by atoms with Crippen LogP contribution in [0, 0.1) is 11.8 Å². The maximum absolute atomic E-state index is 12.6. The summed E-state index contributed by atoms with van der Waals surface area (Å²) in [5.74, 6) is -1.03. The molecule has 1 aliphatic heterocycles. The molecule has 1 N–H and O–H groups in total. The number of hydrogen-bond donors (Lipinski definition) is 1. The van der Waals surface area contributed by atoms with Crippen LogP contribution in [0.4, 0.5) is 0 Å². The van der Waals surface area contributed by atoms with Gasteiger partial charge in [-0.25, -0.2) is 0 Å². The van der Waals surface area contributed by atoms with Crippen LogP contribution in [0.5, 0.6) is 0 Å². The Kier molecular flexibility index (Phi) is 5.72. The van der Waals surface area contributed by atoms with Crippen molar-refractivity contribution in [3.05, 3.63) is 29.3 Å². The van der Waals surface area contributed by atoms with Gasteiger partial charge in [0.15, 0.2) is 0 Å². The fourth-order valence-electron chi connectivity index (χ4n) is 3.59. The summed E-state index contributed by atoms with van der Waals surface area (Å²) < 4.78 is 0. The summed E-state index contributed by atoms with van der Waals surface area (Å²) >= 11 is 7.76. The first kappa shape index (κ1) is 17.6. The summed E-state index contributed by atoms with van der Waals surface area (Å²) in [6.45, 7) is 1.55. The number of hydrogen-bond acceptors (Lipinski definition) is 3. The first-order valence-electron chi connectivity index (χ1n) is 8.46. The Morgan fingerprint density at radius 1 is 1.04 bits per heavy atom. The Morgan fingerprint density at radius 2 is 1.67 bits per heavy atom. The number of carbonyl (C=O) groups is 2. The summed E-state index contributed by atoms with van der Waals surface area (Å²) in [6, 6.07) is 7.88. The molecule has 2 aliphatic rings. The first-order valence-corrected chi connectivity index (χ1v) is 9.72. The van der Waals surface area contributed by atoms with Crippen molar-refractivity contribution in [2.45, 2.75) is 42.2 Å². The first-order chi connectivity index (χ1) is 11.5. The van der Waals surface area contributed by atoms with Crippen molar-refractivity contribution in [3.8, 4) is 0 Å². The second kappa shape index (κ2) is 7.79. The van der Waals surface area contributed by atoms with E-state index in [0.717, 1.165) is 37.4 Å². The Labute approximate surface area is 151 Å². The number of rotatable bonds is 4. The van der Waals surface area contributed by atoms with Gasteiger partial charge >= 0.3 is 5.97 Å². The van der Waals surface area contributed by atoms with Gasteiger partial charge in [-0.3, -0.25) is 9.59 Å². The Bertz CT molecular complexity index is 599. The average molecular weight is 368 g/mol. The van der Waals surface area contributed by atoms with E-state index in [-0.39, 0.29) is 17.7 Å². The van der Waals surface area contributed by atoms with E-state index in [0.29, 0.717) is 18.1 Å². The SMILES string of the molecule is O=C(O)[C@@H]1CC[C@H](C(=O)N2CCC(Sc3ccc(Cl)cc3)CC2)C1. The van der Waals surface area contributed by atoms with Gasteiger partial charge in [-0.2, -0.15) is 0 Å². The van der Waals surface area contributed by atoms with Gasteiger partial charge in [-0.15, -0.1) is 11.8 Å². The van der Waals surface area contributed by atoms with E-state index in [2.05, 4.69) is 0 Å². The Hall–Kier alpha value is -1.20. The summed E-state index contributed by atoms with van der Waals surface area (Å²) in [7, 11) is 0. The molecule has 0 radical (unpaired) electrons. The van der Waals surface area contributed by atoms with E-state index in [4.69, 9.17) is 16.7 Å². The summed E-state index contributed by atoms with van der Waals surface area (Å²) in [4.78, 5) is 26.8. The molecule has 2 atom stereocenters. The predicted octanol–water partition coefficient (Wildman–Crippen LogP) is 3.92. The number of thioether (sulfide) groups is 1. The third kappa shape index (κ3) is 4.25. The topological polar surface area (TPSA) is 57.6 Å².